The Morgan fingerprint density at radius 1 is 0.539 bits per heavy atom. The molecule has 0 radical (unpaired) electrons. The number of nitrogens with one attached hydrogen (secondary N) is 8. The smallest absolute Gasteiger partial charge is 0.245 e. The molecule has 12 amide bonds. The van der Waals surface area contributed by atoms with E-state index in [1.807, 2.05) is 13.8 Å². The van der Waals surface area contributed by atoms with Crippen LogP contribution < -0.4 is 76.9 Å². The molecule has 29 nitrogen and oxygen atoms in total. The summed E-state index contributed by atoms with van der Waals surface area (Å²) in [6.45, 7) is 6.20. The van der Waals surface area contributed by atoms with E-state index in [1.54, 1.807) is 67.6 Å². The fourth-order valence-corrected chi connectivity index (χ4v) is 10.5. The first-order chi connectivity index (χ1) is 42.4. The summed E-state index contributed by atoms with van der Waals surface area (Å²) in [5.41, 5.74) is 35.1. The number of carbonyl (C=O) groups is 12. The van der Waals surface area contributed by atoms with Gasteiger partial charge in [-0.15, -0.1) is 0 Å². The molecule has 490 valence electrons. The lowest BCUT2D eigenvalue weighted by Gasteiger charge is -2.32. The van der Waals surface area contributed by atoms with Gasteiger partial charge in [-0.1, -0.05) is 74.5 Å². The van der Waals surface area contributed by atoms with Gasteiger partial charge in [0, 0.05) is 51.9 Å². The lowest BCUT2D eigenvalue weighted by Crippen LogP contribution is -2.60. The Bertz CT molecular complexity index is 2750. The van der Waals surface area contributed by atoms with Crippen molar-refractivity contribution in [2.45, 2.75) is 178 Å². The number of guanidine groups is 1. The van der Waals surface area contributed by atoms with E-state index in [4.69, 9.17) is 34.4 Å². The van der Waals surface area contributed by atoms with Crippen LogP contribution in [0.25, 0.3) is 0 Å². The zero-order chi connectivity index (χ0) is 65.6. The highest BCUT2D eigenvalue weighted by molar-refractivity contribution is 5.99. The number of hydrogen-bond acceptors (Lipinski definition) is 15. The Labute approximate surface area is 519 Å². The molecule has 9 atom stereocenters. The summed E-state index contributed by atoms with van der Waals surface area (Å²) in [6.07, 6.45) is 1.43. The maximum Gasteiger partial charge on any atom is 0.245 e. The second-order valence-electron chi connectivity index (χ2n) is 22.8. The van der Waals surface area contributed by atoms with Crippen LogP contribution in [0.1, 0.15) is 122 Å². The highest BCUT2D eigenvalue weighted by atomic mass is 16.2. The quantitative estimate of drug-likeness (QED) is 0.0178. The van der Waals surface area contributed by atoms with Crippen molar-refractivity contribution in [2.75, 3.05) is 39.3 Å². The van der Waals surface area contributed by atoms with Gasteiger partial charge >= 0.3 is 0 Å². The summed E-state index contributed by atoms with van der Waals surface area (Å²) in [5, 5.41) is 21.3. The van der Waals surface area contributed by atoms with Crippen molar-refractivity contribution in [1.29, 1.82) is 0 Å². The van der Waals surface area contributed by atoms with Crippen LogP contribution in [0.4, 0.5) is 0 Å². The third kappa shape index (κ3) is 25.1. The SMILES string of the molecule is CCNC(=O)[C@H](CC(C)C)NC(=O)CNC(=O)[C@H](Cc1ccccc1)NC(=O)[C@H](Cc1ccccc1)NC(=O)[C@H](CCC(N)=O)NC(=O)[C@H](CCC(N)=O)NC(=O)[C@@H]1CCCN1C(=O)[C@H](CCCCN)NC(=O)[C@@H]1CCCN1C(=O)[C@@H](N)CCCN=C(N)N. The fraction of sp³-hybridized carbons (Fsp3) is 0.583. The lowest BCUT2D eigenvalue weighted by molar-refractivity contribution is -0.144. The number of rotatable bonds is 38. The highest BCUT2D eigenvalue weighted by Gasteiger charge is 2.42. The van der Waals surface area contributed by atoms with Gasteiger partial charge in [0.05, 0.1) is 12.6 Å². The van der Waals surface area contributed by atoms with Crippen LogP contribution in [-0.2, 0) is 70.4 Å². The molecule has 2 heterocycles. The average Bonchev–Trinajstić information content (AvgIpc) is 2.60. The van der Waals surface area contributed by atoms with Crippen molar-refractivity contribution in [1.82, 2.24) is 52.3 Å². The van der Waals surface area contributed by atoms with Crippen molar-refractivity contribution in [3.63, 3.8) is 0 Å². The Morgan fingerprint density at radius 2 is 1.01 bits per heavy atom. The monoisotopic (exact) mass is 1240 g/mol. The summed E-state index contributed by atoms with van der Waals surface area (Å²) in [4.78, 5) is 171. The zero-order valence-corrected chi connectivity index (χ0v) is 51.3. The van der Waals surface area contributed by atoms with Gasteiger partial charge in [-0.3, -0.25) is 62.5 Å². The van der Waals surface area contributed by atoms with Gasteiger partial charge in [0.2, 0.25) is 70.9 Å². The molecule has 2 aromatic carbocycles. The minimum Gasteiger partial charge on any atom is -0.370 e. The Morgan fingerprint density at radius 3 is 1.51 bits per heavy atom. The van der Waals surface area contributed by atoms with Crippen LogP contribution >= 0.6 is 0 Å². The summed E-state index contributed by atoms with van der Waals surface area (Å²) < 4.78 is 0. The number of nitrogens with zero attached hydrogens (tertiary/aromatic N) is 3. The first kappa shape index (κ1) is 72.7. The molecule has 0 bridgehead atoms. The number of unbranched alkanes of at least 4 members (excludes halogenated alkanes) is 1. The minimum absolute atomic E-state index is 0.0414. The molecule has 2 aliphatic heterocycles. The number of nitrogens with two attached hydrogens (primary N) is 6. The average molecular weight is 1240 g/mol. The minimum atomic E-state index is -1.62. The van der Waals surface area contributed by atoms with E-state index >= 15 is 0 Å². The van der Waals surface area contributed by atoms with Crippen molar-refractivity contribution >= 4 is 76.8 Å². The predicted octanol–water partition coefficient (Wildman–Crippen LogP) is -3.30. The van der Waals surface area contributed by atoms with Crippen LogP contribution in [0.5, 0.6) is 0 Å². The van der Waals surface area contributed by atoms with Crippen LogP contribution in [-0.4, -0.2) is 180 Å². The number of primary amides is 2. The fourth-order valence-electron chi connectivity index (χ4n) is 10.5. The standard InChI is InChI=1S/C60H93N17O12/c1-4-67-51(81)43(32-36(2)3)70-50(80)35-69-52(82)44(33-37-16-7-5-8-17-37)74-55(85)45(34-38-18-9-6-10-19-38)75-54(84)40(24-26-48(63)78)71-53(83)41(25-27-49(64)79)72-56(86)47-23-15-31-77(47)59(89)42(21-11-12-28-61)73-57(87)46-22-14-30-76(46)58(88)39(62)20-13-29-68-60(65)66/h5-10,16-19,36,39-47H,4,11-15,20-35,61-62H2,1-3H3,(H2,63,78)(H2,64,79)(H,67,81)(H,69,82)(H,70,80)(H,71,83)(H,72,86)(H,73,87)(H,74,85)(H,75,84)(H4,65,66,68)/t39-,40-,41-,42-,43-,44-,45-,46-,47-/m0/s1. The molecular formula is C60H93N17O12. The topological polar surface area (TPSA) is 476 Å². The molecule has 0 aromatic heterocycles. The molecule has 4 rings (SSSR count). The molecule has 89 heavy (non-hydrogen) atoms. The molecule has 2 aromatic rings. The molecule has 0 spiro atoms. The van der Waals surface area contributed by atoms with Gasteiger partial charge in [-0.2, -0.15) is 0 Å². The van der Waals surface area contributed by atoms with Gasteiger partial charge < -0.3 is 86.7 Å². The van der Waals surface area contributed by atoms with Crippen LogP contribution in [0.15, 0.2) is 65.7 Å². The Balaban J connectivity index is 1.56. The third-order valence-corrected chi connectivity index (χ3v) is 15.1. The number of likely N-dealkylation sites (tertiary alicyclic amines) is 2. The molecule has 0 saturated carbocycles. The van der Waals surface area contributed by atoms with Crippen LogP contribution in [0.3, 0.4) is 0 Å². The van der Waals surface area contributed by atoms with Gasteiger partial charge in [0.25, 0.3) is 0 Å². The number of hydrogen-bond donors (Lipinski definition) is 14. The van der Waals surface area contributed by atoms with E-state index in [9.17, 15) is 57.5 Å². The second kappa shape index (κ2) is 37.9. The summed E-state index contributed by atoms with van der Waals surface area (Å²) in [5.74, 6) is -8.86. The maximum atomic E-state index is 14.6. The molecule has 2 aliphatic rings. The molecule has 2 fully saturated rings. The maximum absolute atomic E-state index is 14.6. The first-order valence-corrected chi connectivity index (χ1v) is 30.6. The Hall–Kier alpha value is -8.73. The van der Waals surface area contributed by atoms with E-state index in [0.717, 1.165) is 0 Å². The van der Waals surface area contributed by atoms with Crippen LogP contribution in [0.2, 0.25) is 0 Å². The van der Waals surface area contributed by atoms with Gasteiger partial charge in [0.1, 0.15) is 48.3 Å². The largest absolute Gasteiger partial charge is 0.370 e. The first-order valence-electron chi connectivity index (χ1n) is 30.6. The molecule has 29 heteroatoms. The molecular weight excluding hydrogens is 1150 g/mol. The third-order valence-electron chi connectivity index (χ3n) is 15.1. The predicted molar refractivity (Wildman–Crippen MR) is 330 cm³/mol. The van der Waals surface area contributed by atoms with E-state index in [1.165, 1.54) is 9.80 Å². The highest BCUT2D eigenvalue weighted by Crippen LogP contribution is 2.23. The van der Waals surface area contributed by atoms with Crippen molar-refractivity contribution in [3.05, 3.63) is 71.8 Å². The Kier molecular flexibility index (Phi) is 30.9. The van der Waals surface area contributed by atoms with Crippen molar-refractivity contribution in [3.8, 4) is 0 Å². The summed E-state index contributed by atoms with van der Waals surface area (Å²) >= 11 is 0. The number of benzene rings is 2. The van der Waals surface area contributed by atoms with E-state index in [2.05, 4.69) is 47.5 Å². The molecule has 0 unspecified atom stereocenters. The van der Waals surface area contributed by atoms with Gasteiger partial charge in [0.15, 0.2) is 5.96 Å². The van der Waals surface area contributed by atoms with Gasteiger partial charge in [-0.05, 0) is 108 Å². The number of amides is 12. The normalized spacial score (nSPS) is 16.8. The van der Waals surface area contributed by atoms with Crippen molar-refractivity contribution < 1.29 is 57.5 Å². The summed E-state index contributed by atoms with van der Waals surface area (Å²) in [6, 6.07) is 6.12. The molecule has 20 N–H and O–H groups in total. The number of likely N-dealkylation sites (N-methyl/N-ethyl adjacent to an activating group) is 1. The lowest BCUT2D eigenvalue weighted by atomic mass is 10.0. The van der Waals surface area contributed by atoms with E-state index in [-0.39, 0.29) is 75.9 Å². The second-order valence-corrected chi connectivity index (χ2v) is 22.8. The van der Waals surface area contributed by atoms with Crippen LogP contribution in [0, 0.1) is 5.92 Å². The van der Waals surface area contributed by atoms with Gasteiger partial charge in [-0.25, -0.2) is 0 Å². The summed E-state index contributed by atoms with van der Waals surface area (Å²) in [7, 11) is 0. The molecule has 2 saturated heterocycles. The number of aliphatic imine (C=N–C) groups is 1. The zero-order valence-electron chi connectivity index (χ0n) is 51.3. The van der Waals surface area contributed by atoms with Crippen molar-refractivity contribution in [2.24, 2.45) is 45.3 Å². The number of carbonyl (C=O) groups excluding carboxylic acids is 12. The molecule has 0 aliphatic carbocycles. The van der Waals surface area contributed by atoms with E-state index in [0.29, 0.717) is 69.2 Å². The van der Waals surface area contributed by atoms with E-state index < -0.39 is 145 Å².